The van der Waals surface area contributed by atoms with Crippen molar-refractivity contribution in [2.45, 2.75) is 26.4 Å². The van der Waals surface area contributed by atoms with E-state index in [4.69, 9.17) is 4.74 Å². The van der Waals surface area contributed by atoms with Gasteiger partial charge in [0.1, 0.15) is 17.4 Å². The quantitative estimate of drug-likeness (QED) is 0.771. The highest BCUT2D eigenvalue weighted by Gasteiger charge is 2.08. The van der Waals surface area contributed by atoms with E-state index in [9.17, 15) is 4.79 Å². The number of benzene rings is 1. The third-order valence-corrected chi connectivity index (χ3v) is 3.48. The zero-order valence-electron chi connectivity index (χ0n) is 10.4. The van der Waals surface area contributed by atoms with Crippen LogP contribution in [0.1, 0.15) is 40.0 Å². The fraction of sp³-hybridized carbons (Fsp3) is 0.286. The number of rotatable bonds is 5. The molecule has 2 aromatic rings. The molecule has 0 bridgehead atoms. The summed E-state index contributed by atoms with van der Waals surface area (Å²) < 4.78 is 5.77. The van der Waals surface area contributed by atoms with Crippen LogP contribution >= 0.6 is 11.3 Å². The predicted molar refractivity (Wildman–Crippen MR) is 72.4 cm³/mol. The molecule has 0 unspecified atom stereocenters. The SMILES string of the molecule is CC(C)c1ccccc1OCc1ncc(C=O)s1. The number of thiazole rings is 1. The lowest BCUT2D eigenvalue weighted by Crippen LogP contribution is -1.99. The molecule has 1 aromatic carbocycles. The van der Waals surface area contributed by atoms with Crippen LogP contribution < -0.4 is 4.74 Å². The average molecular weight is 261 g/mol. The van der Waals surface area contributed by atoms with Crippen LogP contribution in [0.4, 0.5) is 0 Å². The number of aldehydes is 1. The molecule has 0 amide bonds. The first-order valence-electron chi connectivity index (χ1n) is 5.82. The molecule has 0 spiro atoms. The predicted octanol–water partition coefficient (Wildman–Crippen LogP) is 3.66. The molecule has 2 rings (SSSR count). The van der Waals surface area contributed by atoms with Gasteiger partial charge in [-0.25, -0.2) is 4.98 Å². The van der Waals surface area contributed by atoms with E-state index in [2.05, 4.69) is 24.9 Å². The van der Waals surface area contributed by atoms with E-state index in [1.165, 1.54) is 16.9 Å². The Hall–Kier alpha value is -1.68. The van der Waals surface area contributed by atoms with Crippen LogP contribution in [-0.2, 0) is 6.61 Å². The molecule has 0 aliphatic carbocycles. The molecule has 0 aliphatic heterocycles. The van der Waals surface area contributed by atoms with Gasteiger partial charge in [0.2, 0.25) is 0 Å². The monoisotopic (exact) mass is 261 g/mol. The van der Waals surface area contributed by atoms with E-state index in [0.29, 0.717) is 17.4 Å². The zero-order valence-corrected chi connectivity index (χ0v) is 11.2. The number of para-hydroxylation sites is 1. The molecule has 3 nitrogen and oxygen atoms in total. The van der Waals surface area contributed by atoms with Crippen molar-refractivity contribution in [2.75, 3.05) is 0 Å². The van der Waals surface area contributed by atoms with E-state index in [1.807, 2.05) is 18.2 Å². The number of nitrogens with zero attached hydrogens (tertiary/aromatic N) is 1. The van der Waals surface area contributed by atoms with Crippen LogP contribution in [0.15, 0.2) is 30.5 Å². The Morgan fingerprint density at radius 3 is 2.83 bits per heavy atom. The third-order valence-electron chi connectivity index (χ3n) is 2.58. The van der Waals surface area contributed by atoms with Crippen LogP contribution in [0.3, 0.4) is 0 Å². The first kappa shape index (κ1) is 12.8. The van der Waals surface area contributed by atoms with Gasteiger partial charge in [-0.05, 0) is 17.5 Å². The normalized spacial score (nSPS) is 10.6. The summed E-state index contributed by atoms with van der Waals surface area (Å²) in [5.74, 6) is 1.30. The molecule has 0 atom stereocenters. The van der Waals surface area contributed by atoms with E-state index in [0.717, 1.165) is 17.0 Å². The molecule has 0 radical (unpaired) electrons. The van der Waals surface area contributed by atoms with Gasteiger partial charge in [0.25, 0.3) is 0 Å². The first-order chi connectivity index (χ1) is 8.70. The summed E-state index contributed by atoms with van der Waals surface area (Å²) in [4.78, 5) is 15.3. The zero-order chi connectivity index (χ0) is 13.0. The Kier molecular flexibility index (Phi) is 4.10. The maximum Gasteiger partial charge on any atom is 0.161 e. The Morgan fingerprint density at radius 1 is 1.39 bits per heavy atom. The summed E-state index contributed by atoms with van der Waals surface area (Å²) in [6.07, 6.45) is 2.38. The second kappa shape index (κ2) is 5.78. The lowest BCUT2D eigenvalue weighted by atomic mass is 10.0. The van der Waals surface area contributed by atoms with Gasteiger partial charge >= 0.3 is 0 Å². The minimum atomic E-state index is 0.405. The summed E-state index contributed by atoms with van der Waals surface area (Å²) in [6.45, 7) is 4.68. The minimum absolute atomic E-state index is 0.405. The van der Waals surface area contributed by atoms with Crippen LogP contribution in [0, 0.1) is 0 Å². The van der Waals surface area contributed by atoms with Crippen molar-refractivity contribution in [1.29, 1.82) is 0 Å². The molecular formula is C14H15NO2S. The fourth-order valence-corrected chi connectivity index (χ4v) is 2.32. The topological polar surface area (TPSA) is 39.2 Å². The van der Waals surface area contributed by atoms with Crippen LogP contribution in [0.25, 0.3) is 0 Å². The summed E-state index contributed by atoms with van der Waals surface area (Å²) >= 11 is 1.36. The number of ether oxygens (including phenoxy) is 1. The largest absolute Gasteiger partial charge is 0.486 e. The molecular weight excluding hydrogens is 246 g/mol. The lowest BCUT2D eigenvalue weighted by Gasteiger charge is -2.12. The first-order valence-corrected chi connectivity index (χ1v) is 6.64. The molecule has 4 heteroatoms. The van der Waals surface area contributed by atoms with Gasteiger partial charge in [-0.1, -0.05) is 32.0 Å². The van der Waals surface area contributed by atoms with E-state index in [-0.39, 0.29) is 0 Å². The van der Waals surface area contributed by atoms with Gasteiger partial charge < -0.3 is 4.74 Å². The lowest BCUT2D eigenvalue weighted by molar-refractivity contribution is 0.112. The van der Waals surface area contributed by atoms with Gasteiger partial charge in [-0.2, -0.15) is 0 Å². The van der Waals surface area contributed by atoms with Crippen LogP contribution in [-0.4, -0.2) is 11.3 Å². The minimum Gasteiger partial charge on any atom is -0.486 e. The van der Waals surface area contributed by atoms with Gasteiger partial charge in [0.05, 0.1) is 4.88 Å². The average Bonchev–Trinajstić information content (AvgIpc) is 2.84. The third kappa shape index (κ3) is 2.96. The Morgan fingerprint density at radius 2 is 2.17 bits per heavy atom. The number of hydrogen-bond acceptors (Lipinski definition) is 4. The number of aromatic nitrogens is 1. The highest BCUT2D eigenvalue weighted by atomic mass is 32.1. The second-order valence-electron chi connectivity index (χ2n) is 4.26. The fourth-order valence-electron chi connectivity index (χ4n) is 1.67. The number of carbonyl (C=O) groups excluding carboxylic acids is 1. The van der Waals surface area contributed by atoms with Crippen molar-refractivity contribution in [2.24, 2.45) is 0 Å². The van der Waals surface area contributed by atoms with Crippen LogP contribution in [0.5, 0.6) is 5.75 Å². The summed E-state index contributed by atoms with van der Waals surface area (Å²) in [6, 6.07) is 8.00. The molecule has 1 aromatic heterocycles. The Bertz CT molecular complexity index is 534. The van der Waals surface area contributed by atoms with Gasteiger partial charge in [-0.15, -0.1) is 11.3 Å². The summed E-state index contributed by atoms with van der Waals surface area (Å²) in [5.41, 5.74) is 1.18. The summed E-state index contributed by atoms with van der Waals surface area (Å²) in [7, 11) is 0. The van der Waals surface area contributed by atoms with Crippen molar-refractivity contribution in [1.82, 2.24) is 4.98 Å². The highest BCUT2D eigenvalue weighted by Crippen LogP contribution is 2.26. The van der Waals surface area contributed by atoms with Crippen molar-refractivity contribution in [3.63, 3.8) is 0 Å². The molecule has 0 saturated heterocycles. The van der Waals surface area contributed by atoms with Gasteiger partial charge in [0.15, 0.2) is 6.29 Å². The maximum atomic E-state index is 10.6. The van der Waals surface area contributed by atoms with Crippen molar-refractivity contribution < 1.29 is 9.53 Å². The molecule has 0 fully saturated rings. The second-order valence-corrected chi connectivity index (χ2v) is 5.40. The Labute approximate surface area is 110 Å². The molecule has 0 N–H and O–H groups in total. The van der Waals surface area contributed by atoms with Gasteiger partial charge in [0, 0.05) is 6.20 Å². The number of hydrogen-bond donors (Lipinski definition) is 0. The van der Waals surface area contributed by atoms with E-state index >= 15 is 0 Å². The van der Waals surface area contributed by atoms with Gasteiger partial charge in [-0.3, -0.25) is 4.79 Å². The van der Waals surface area contributed by atoms with E-state index < -0.39 is 0 Å². The van der Waals surface area contributed by atoms with Crippen molar-refractivity contribution in [3.05, 3.63) is 45.9 Å². The van der Waals surface area contributed by atoms with Crippen molar-refractivity contribution >= 4 is 17.6 Å². The molecule has 0 saturated carbocycles. The molecule has 18 heavy (non-hydrogen) atoms. The standard InChI is InChI=1S/C14H15NO2S/c1-10(2)12-5-3-4-6-13(12)17-9-14-15-7-11(8-16)18-14/h3-8,10H,9H2,1-2H3. The molecule has 0 aliphatic rings. The Balaban J connectivity index is 2.08. The molecule has 1 heterocycles. The van der Waals surface area contributed by atoms with Crippen LogP contribution in [0.2, 0.25) is 0 Å². The van der Waals surface area contributed by atoms with E-state index in [1.54, 1.807) is 6.20 Å². The van der Waals surface area contributed by atoms with Crippen molar-refractivity contribution in [3.8, 4) is 5.75 Å². The highest BCUT2D eigenvalue weighted by molar-refractivity contribution is 7.13. The summed E-state index contributed by atoms with van der Waals surface area (Å²) in [5, 5.41) is 0.815. The number of carbonyl (C=O) groups is 1. The smallest absolute Gasteiger partial charge is 0.161 e. The molecule has 94 valence electrons. The maximum absolute atomic E-state index is 10.6.